The monoisotopic (exact) mass is 317 g/mol. The Balaban J connectivity index is 1.70. The minimum atomic E-state index is -0.324. The lowest BCUT2D eigenvalue weighted by atomic mass is 9.86. The van der Waals surface area contributed by atoms with Crippen molar-refractivity contribution in [2.75, 3.05) is 13.6 Å². The average Bonchev–Trinajstić information content (AvgIpc) is 2.85. The molecule has 124 valence electrons. The van der Waals surface area contributed by atoms with Crippen molar-refractivity contribution in [1.82, 2.24) is 14.5 Å². The Morgan fingerprint density at radius 1 is 1.35 bits per heavy atom. The highest BCUT2D eigenvalue weighted by Crippen LogP contribution is 2.25. The van der Waals surface area contributed by atoms with E-state index in [9.17, 15) is 14.7 Å². The third-order valence-corrected chi connectivity index (χ3v) is 4.78. The molecule has 2 N–H and O–H groups in total. The number of likely N-dealkylation sites (N-methyl/N-ethyl adjacent to an activating group) is 1. The zero-order valence-corrected chi connectivity index (χ0v) is 13.4. The van der Waals surface area contributed by atoms with E-state index < -0.39 is 0 Å². The summed E-state index contributed by atoms with van der Waals surface area (Å²) in [6.45, 7) is 0.555. The van der Waals surface area contributed by atoms with Crippen LogP contribution >= 0.6 is 0 Å². The van der Waals surface area contributed by atoms with Gasteiger partial charge in [0.1, 0.15) is 6.54 Å². The summed E-state index contributed by atoms with van der Waals surface area (Å²) in [4.78, 5) is 28.9. The van der Waals surface area contributed by atoms with E-state index in [0.29, 0.717) is 6.54 Å². The minimum Gasteiger partial charge on any atom is -0.393 e. The second kappa shape index (κ2) is 6.58. The van der Waals surface area contributed by atoms with Crippen molar-refractivity contribution < 1.29 is 9.90 Å². The zero-order valence-electron chi connectivity index (χ0n) is 13.4. The number of benzene rings is 1. The predicted molar refractivity (Wildman–Crippen MR) is 88.2 cm³/mol. The van der Waals surface area contributed by atoms with Gasteiger partial charge in [-0.2, -0.15) is 0 Å². The van der Waals surface area contributed by atoms with Gasteiger partial charge in [0.25, 0.3) is 0 Å². The van der Waals surface area contributed by atoms with E-state index in [4.69, 9.17) is 0 Å². The van der Waals surface area contributed by atoms with Gasteiger partial charge in [0.05, 0.1) is 17.1 Å². The molecule has 2 atom stereocenters. The highest BCUT2D eigenvalue weighted by molar-refractivity contribution is 5.80. The number of carbonyl (C=O) groups excluding carboxylic acids is 1. The molecule has 2 aromatic rings. The third-order valence-electron chi connectivity index (χ3n) is 4.78. The first-order valence-electron chi connectivity index (χ1n) is 8.16. The van der Waals surface area contributed by atoms with Crippen molar-refractivity contribution in [3.05, 3.63) is 34.7 Å². The maximum absolute atomic E-state index is 12.5. The number of imidazole rings is 1. The molecular formula is C17H23N3O3. The van der Waals surface area contributed by atoms with Crippen LogP contribution in [-0.4, -0.2) is 45.2 Å². The van der Waals surface area contributed by atoms with Gasteiger partial charge in [-0.05, 0) is 25.0 Å². The first-order chi connectivity index (χ1) is 11.1. The number of H-pyrrole nitrogens is 1. The summed E-state index contributed by atoms with van der Waals surface area (Å²) >= 11 is 0. The van der Waals surface area contributed by atoms with Crippen LogP contribution in [0.3, 0.4) is 0 Å². The van der Waals surface area contributed by atoms with E-state index in [-0.39, 0.29) is 30.2 Å². The van der Waals surface area contributed by atoms with Crippen LogP contribution in [0, 0.1) is 5.92 Å². The number of nitrogens with one attached hydrogen (secondary N) is 1. The molecule has 6 heteroatoms. The molecule has 3 rings (SSSR count). The lowest BCUT2D eigenvalue weighted by Crippen LogP contribution is -2.40. The smallest absolute Gasteiger partial charge is 0.326 e. The van der Waals surface area contributed by atoms with Crippen LogP contribution < -0.4 is 5.69 Å². The summed E-state index contributed by atoms with van der Waals surface area (Å²) < 4.78 is 1.46. The molecule has 0 radical (unpaired) electrons. The molecule has 6 nitrogen and oxygen atoms in total. The normalized spacial score (nSPS) is 21.5. The highest BCUT2D eigenvalue weighted by atomic mass is 16.3. The molecule has 1 saturated carbocycles. The quantitative estimate of drug-likeness (QED) is 0.893. The van der Waals surface area contributed by atoms with E-state index in [1.165, 1.54) is 4.57 Å². The zero-order chi connectivity index (χ0) is 16.4. The molecule has 1 aliphatic carbocycles. The van der Waals surface area contributed by atoms with Crippen molar-refractivity contribution in [1.29, 1.82) is 0 Å². The van der Waals surface area contributed by atoms with Gasteiger partial charge in [-0.1, -0.05) is 25.0 Å². The summed E-state index contributed by atoms with van der Waals surface area (Å²) in [5.41, 5.74) is 1.19. The SMILES string of the molecule is CN(CC1CCCCC1O)C(=O)Cn1c(=O)[nH]c2ccccc21. The number of aliphatic hydroxyl groups is 1. The van der Waals surface area contributed by atoms with E-state index in [1.807, 2.05) is 24.3 Å². The van der Waals surface area contributed by atoms with Crippen LogP contribution in [0.1, 0.15) is 25.7 Å². The number of hydrogen-bond donors (Lipinski definition) is 2. The van der Waals surface area contributed by atoms with Crippen molar-refractivity contribution in [3.63, 3.8) is 0 Å². The second-order valence-electron chi connectivity index (χ2n) is 6.42. The summed E-state index contributed by atoms with van der Waals surface area (Å²) in [6.07, 6.45) is 3.60. The van der Waals surface area contributed by atoms with Crippen LogP contribution in [0.2, 0.25) is 0 Å². The Hall–Kier alpha value is -2.08. The van der Waals surface area contributed by atoms with Gasteiger partial charge in [0.2, 0.25) is 5.91 Å². The molecule has 1 fully saturated rings. The number of aromatic amines is 1. The first kappa shape index (κ1) is 15.8. The molecule has 23 heavy (non-hydrogen) atoms. The van der Waals surface area contributed by atoms with E-state index >= 15 is 0 Å². The fraction of sp³-hybridized carbons (Fsp3) is 0.529. The Morgan fingerprint density at radius 3 is 2.87 bits per heavy atom. The van der Waals surface area contributed by atoms with Gasteiger partial charge in [-0.15, -0.1) is 0 Å². The van der Waals surface area contributed by atoms with Gasteiger partial charge in [-0.3, -0.25) is 9.36 Å². The van der Waals surface area contributed by atoms with E-state index in [0.717, 1.165) is 36.7 Å². The standard InChI is InChI=1S/C17H23N3O3/c1-19(10-12-6-2-5-9-15(12)21)16(22)11-20-14-8-4-3-7-13(14)18-17(20)23/h3-4,7-8,12,15,21H,2,5-6,9-11H2,1H3,(H,18,23). The number of carbonyl (C=O) groups is 1. The van der Waals surface area contributed by atoms with Crippen molar-refractivity contribution in [3.8, 4) is 0 Å². The maximum atomic E-state index is 12.5. The second-order valence-corrected chi connectivity index (χ2v) is 6.42. The molecule has 1 heterocycles. The fourth-order valence-corrected chi connectivity index (χ4v) is 3.37. The molecule has 2 unspecified atom stereocenters. The molecule has 0 aliphatic heterocycles. The lowest BCUT2D eigenvalue weighted by Gasteiger charge is -2.31. The molecule has 1 amide bonds. The molecule has 1 aliphatic rings. The van der Waals surface area contributed by atoms with Crippen LogP contribution in [0.4, 0.5) is 0 Å². The van der Waals surface area contributed by atoms with Crippen molar-refractivity contribution in [2.24, 2.45) is 5.92 Å². The number of amides is 1. The average molecular weight is 317 g/mol. The largest absolute Gasteiger partial charge is 0.393 e. The summed E-state index contributed by atoms with van der Waals surface area (Å²) in [5, 5.41) is 10.0. The van der Waals surface area contributed by atoms with E-state index in [2.05, 4.69) is 4.98 Å². The molecule has 0 spiro atoms. The Kier molecular flexibility index (Phi) is 4.52. The first-order valence-corrected chi connectivity index (χ1v) is 8.16. The van der Waals surface area contributed by atoms with Crippen LogP contribution in [0.15, 0.2) is 29.1 Å². The summed E-state index contributed by atoms with van der Waals surface area (Å²) in [5.74, 6) is 0.0204. The molecule has 1 aromatic heterocycles. The van der Waals surface area contributed by atoms with Crippen LogP contribution in [0.5, 0.6) is 0 Å². The number of nitrogens with zero attached hydrogens (tertiary/aromatic N) is 2. The number of aliphatic hydroxyl groups excluding tert-OH is 1. The van der Waals surface area contributed by atoms with Crippen molar-refractivity contribution >= 4 is 16.9 Å². The number of fused-ring (bicyclic) bond motifs is 1. The number of rotatable bonds is 4. The Labute approximate surface area is 134 Å². The molecule has 0 bridgehead atoms. The summed E-state index contributed by atoms with van der Waals surface area (Å²) in [6, 6.07) is 7.34. The number of para-hydroxylation sites is 2. The Morgan fingerprint density at radius 2 is 2.09 bits per heavy atom. The van der Waals surface area contributed by atoms with Gasteiger partial charge >= 0.3 is 5.69 Å². The van der Waals surface area contributed by atoms with Crippen LogP contribution in [-0.2, 0) is 11.3 Å². The summed E-state index contributed by atoms with van der Waals surface area (Å²) in [7, 11) is 1.74. The van der Waals surface area contributed by atoms with Gasteiger partial charge < -0.3 is 15.0 Å². The maximum Gasteiger partial charge on any atom is 0.326 e. The van der Waals surface area contributed by atoms with Crippen LogP contribution in [0.25, 0.3) is 11.0 Å². The molecule has 1 aromatic carbocycles. The van der Waals surface area contributed by atoms with E-state index in [1.54, 1.807) is 11.9 Å². The predicted octanol–water partition coefficient (Wildman–Crippen LogP) is 1.34. The lowest BCUT2D eigenvalue weighted by molar-refractivity contribution is -0.131. The fourth-order valence-electron chi connectivity index (χ4n) is 3.37. The highest BCUT2D eigenvalue weighted by Gasteiger charge is 2.26. The Bertz CT molecular complexity index is 749. The number of hydrogen-bond acceptors (Lipinski definition) is 3. The van der Waals surface area contributed by atoms with Gasteiger partial charge in [0.15, 0.2) is 0 Å². The molecule has 0 saturated heterocycles. The van der Waals surface area contributed by atoms with Crippen molar-refractivity contribution in [2.45, 2.75) is 38.3 Å². The molecular weight excluding hydrogens is 294 g/mol. The third kappa shape index (κ3) is 3.32. The number of aromatic nitrogens is 2. The minimum absolute atomic E-state index is 0.0160. The van der Waals surface area contributed by atoms with Gasteiger partial charge in [0, 0.05) is 19.5 Å². The van der Waals surface area contributed by atoms with Gasteiger partial charge in [-0.25, -0.2) is 4.79 Å². The topological polar surface area (TPSA) is 78.3 Å².